The zero-order chi connectivity index (χ0) is 18.0. The van der Waals surface area contributed by atoms with Crippen molar-refractivity contribution >= 4 is 38.1 Å². The molecule has 2 aliphatic carbocycles. The average Bonchev–Trinajstić information content (AvgIpc) is 2.83. The Morgan fingerprint density at radius 1 is 1.04 bits per heavy atom. The molecule has 2 aliphatic rings. The SMILES string of the molecule is CC(C)CCC(C)C=Pc1ccccc1P=C1C(C)CC2C(C)CC12. The van der Waals surface area contributed by atoms with Crippen molar-refractivity contribution in [1.29, 1.82) is 0 Å². The Hall–Kier alpha value is -0.440. The summed E-state index contributed by atoms with van der Waals surface area (Å²) in [7, 11) is 2.93. The van der Waals surface area contributed by atoms with E-state index in [0.29, 0.717) is 5.92 Å². The smallest absolute Gasteiger partial charge is 0.0136 e. The molecule has 0 spiro atoms. The fourth-order valence-corrected chi connectivity index (χ4v) is 7.14. The van der Waals surface area contributed by atoms with E-state index in [9.17, 15) is 0 Å². The van der Waals surface area contributed by atoms with Crippen molar-refractivity contribution in [2.24, 2.45) is 35.5 Å². The lowest BCUT2D eigenvalue weighted by Crippen LogP contribution is -2.33. The van der Waals surface area contributed by atoms with Gasteiger partial charge in [0, 0.05) is 10.6 Å². The zero-order valence-electron chi connectivity index (χ0n) is 16.6. The Labute approximate surface area is 158 Å². The van der Waals surface area contributed by atoms with E-state index in [1.807, 2.05) is 5.29 Å². The molecule has 3 rings (SSSR count). The number of fused-ring (bicyclic) bond motifs is 1. The molecule has 1 aromatic rings. The van der Waals surface area contributed by atoms with Crippen LogP contribution in [0.15, 0.2) is 24.3 Å². The van der Waals surface area contributed by atoms with Gasteiger partial charge in [0.1, 0.15) is 0 Å². The van der Waals surface area contributed by atoms with Crippen molar-refractivity contribution < 1.29 is 0 Å². The van der Waals surface area contributed by atoms with Gasteiger partial charge in [0.25, 0.3) is 0 Å². The molecule has 25 heavy (non-hydrogen) atoms. The highest BCUT2D eigenvalue weighted by Gasteiger charge is 2.47. The normalized spacial score (nSPS) is 31.5. The summed E-state index contributed by atoms with van der Waals surface area (Å²) in [5.74, 6) is 7.74. The molecule has 5 atom stereocenters. The molecule has 0 radical (unpaired) electrons. The summed E-state index contributed by atoms with van der Waals surface area (Å²) in [5, 5.41) is 4.91. The Balaban J connectivity index is 1.74. The van der Waals surface area contributed by atoms with Crippen LogP contribution in [0.25, 0.3) is 0 Å². The maximum atomic E-state index is 2.52. The van der Waals surface area contributed by atoms with Crippen LogP contribution < -0.4 is 10.6 Å². The van der Waals surface area contributed by atoms with Gasteiger partial charge in [-0.2, -0.15) is 0 Å². The standard InChI is InChI=1S/C23H34P2/c1-15(2)10-11-16(3)14-24-21-8-6-7-9-22(21)25-23-18(5)13-19-17(4)12-20(19)23/h6-9,14-20H,10-13H2,1-5H3. The van der Waals surface area contributed by atoms with Crippen molar-refractivity contribution in [2.75, 3.05) is 0 Å². The fraction of sp³-hybridized carbons (Fsp3) is 0.652. The van der Waals surface area contributed by atoms with Crippen LogP contribution in [0.1, 0.15) is 60.3 Å². The van der Waals surface area contributed by atoms with Gasteiger partial charge in [0.2, 0.25) is 0 Å². The fourth-order valence-electron chi connectivity index (χ4n) is 4.46. The highest BCUT2D eigenvalue weighted by Crippen LogP contribution is 2.52. The molecule has 5 unspecified atom stereocenters. The third-order valence-electron chi connectivity index (χ3n) is 6.18. The van der Waals surface area contributed by atoms with E-state index in [-0.39, 0.29) is 0 Å². The second-order valence-corrected chi connectivity index (χ2v) is 11.1. The van der Waals surface area contributed by atoms with Crippen molar-refractivity contribution in [3.05, 3.63) is 24.3 Å². The highest BCUT2D eigenvalue weighted by atomic mass is 31.1. The summed E-state index contributed by atoms with van der Waals surface area (Å²) >= 11 is 0. The van der Waals surface area contributed by atoms with Gasteiger partial charge >= 0.3 is 0 Å². The summed E-state index contributed by atoms with van der Waals surface area (Å²) in [6, 6.07) is 9.15. The highest BCUT2D eigenvalue weighted by molar-refractivity contribution is 7.55. The molecule has 2 fully saturated rings. The van der Waals surface area contributed by atoms with Crippen LogP contribution in [0.4, 0.5) is 0 Å². The average molecular weight is 372 g/mol. The van der Waals surface area contributed by atoms with Gasteiger partial charge in [-0.1, -0.05) is 75.4 Å². The van der Waals surface area contributed by atoms with E-state index >= 15 is 0 Å². The molecule has 0 aliphatic heterocycles. The van der Waals surface area contributed by atoms with Gasteiger partial charge < -0.3 is 0 Å². The molecule has 0 heterocycles. The molecule has 0 aromatic heterocycles. The van der Waals surface area contributed by atoms with Gasteiger partial charge in [-0.05, 0) is 72.2 Å². The number of hydrogen-bond donors (Lipinski definition) is 0. The van der Waals surface area contributed by atoms with Gasteiger partial charge in [-0.25, -0.2) is 0 Å². The maximum Gasteiger partial charge on any atom is 0.0136 e. The Kier molecular flexibility index (Phi) is 6.57. The monoisotopic (exact) mass is 372 g/mol. The van der Waals surface area contributed by atoms with Crippen molar-refractivity contribution in [2.45, 2.75) is 60.3 Å². The predicted octanol–water partition coefficient (Wildman–Crippen LogP) is 6.19. The predicted molar refractivity (Wildman–Crippen MR) is 118 cm³/mol. The van der Waals surface area contributed by atoms with Crippen molar-refractivity contribution in [1.82, 2.24) is 0 Å². The molecular weight excluding hydrogens is 338 g/mol. The van der Waals surface area contributed by atoms with Crippen LogP contribution >= 0.6 is 16.4 Å². The summed E-state index contributed by atoms with van der Waals surface area (Å²) in [6.45, 7) is 12.0. The zero-order valence-corrected chi connectivity index (χ0v) is 18.4. The Morgan fingerprint density at radius 2 is 1.76 bits per heavy atom. The molecule has 0 bridgehead atoms. The minimum Gasteiger partial charge on any atom is -0.0716 e. The van der Waals surface area contributed by atoms with Gasteiger partial charge in [0.15, 0.2) is 0 Å². The molecule has 2 saturated carbocycles. The van der Waals surface area contributed by atoms with Crippen LogP contribution in [0.2, 0.25) is 0 Å². The lowest BCUT2D eigenvalue weighted by Gasteiger charge is -2.38. The maximum absolute atomic E-state index is 2.52. The van der Waals surface area contributed by atoms with Crippen LogP contribution in [-0.4, -0.2) is 11.1 Å². The largest absolute Gasteiger partial charge is 0.0716 e. The lowest BCUT2D eigenvalue weighted by atomic mass is 9.68. The van der Waals surface area contributed by atoms with Gasteiger partial charge in [-0.15, -0.1) is 0 Å². The van der Waals surface area contributed by atoms with Crippen LogP contribution in [0.3, 0.4) is 0 Å². The van der Waals surface area contributed by atoms with E-state index in [1.54, 1.807) is 5.30 Å². The van der Waals surface area contributed by atoms with E-state index < -0.39 is 0 Å². The van der Waals surface area contributed by atoms with Crippen LogP contribution in [0.5, 0.6) is 0 Å². The Morgan fingerprint density at radius 3 is 2.40 bits per heavy atom. The molecule has 0 nitrogen and oxygen atoms in total. The molecule has 136 valence electrons. The number of hydrogen-bond acceptors (Lipinski definition) is 0. The van der Waals surface area contributed by atoms with E-state index in [2.05, 4.69) is 64.7 Å². The number of benzene rings is 1. The third kappa shape index (κ3) is 4.64. The lowest BCUT2D eigenvalue weighted by molar-refractivity contribution is 0.153. The second kappa shape index (κ2) is 8.50. The van der Waals surface area contributed by atoms with Crippen LogP contribution in [-0.2, 0) is 0 Å². The summed E-state index contributed by atoms with van der Waals surface area (Å²) < 4.78 is 0. The first kappa shape index (κ1) is 19.3. The molecule has 0 saturated heterocycles. The number of rotatable bonds is 6. The van der Waals surface area contributed by atoms with Crippen LogP contribution in [0, 0.1) is 35.5 Å². The van der Waals surface area contributed by atoms with Gasteiger partial charge in [0.05, 0.1) is 0 Å². The third-order valence-corrected chi connectivity index (χ3v) is 9.35. The summed E-state index contributed by atoms with van der Waals surface area (Å²) in [5.41, 5.74) is 0. The van der Waals surface area contributed by atoms with Crippen molar-refractivity contribution in [3.8, 4) is 0 Å². The van der Waals surface area contributed by atoms with E-state index in [1.165, 1.54) is 47.4 Å². The Bertz CT molecular complexity index is 643. The van der Waals surface area contributed by atoms with Crippen molar-refractivity contribution in [3.63, 3.8) is 0 Å². The summed E-state index contributed by atoms with van der Waals surface area (Å²) in [4.78, 5) is 0. The summed E-state index contributed by atoms with van der Waals surface area (Å²) in [6.07, 6.45) is 5.53. The molecule has 0 amide bonds. The first-order valence-corrected chi connectivity index (χ1v) is 12.0. The first-order chi connectivity index (χ1) is 12.0. The quantitative estimate of drug-likeness (QED) is 0.522. The topological polar surface area (TPSA) is 0 Å². The minimum atomic E-state index is 0.712. The minimum absolute atomic E-state index is 0.712. The molecule has 0 N–H and O–H groups in total. The van der Waals surface area contributed by atoms with Gasteiger partial charge in [-0.3, -0.25) is 0 Å². The molecular formula is C23H34P2. The van der Waals surface area contributed by atoms with E-state index in [0.717, 1.165) is 29.6 Å². The van der Waals surface area contributed by atoms with E-state index in [4.69, 9.17) is 0 Å². The second-order valence-electron chi connectivity index (χ2n) is 8.87. The molecule has 1 aromatic carbocycles. The first-order valence-electron chi connectivity index (χ1n) is 10.2. The molecule has 2 heteroatoms.